The number of amides is 1. The van der Waals surface area contributed by atoms with Crippen LogP contribution in [0.4, 0.5) is 0 Å². The topological polar surface area (TPSA) is 192 Å². The lowest BCUT2D eigenvalue weighted by Gasteiger charge is -2.41. The first-order valence-electron chi connectivity index (χ1n) is 31.9. The minimum Gasteiger partial charge on any atom is -0.394 e. The van der Waals surface area contributed by atoms with Crippen molar-refractivity contribution in [3.05, 3.63) is 0 Å². The largest absolute Gasteiger partial charge is 0.397 e. The van der Waals surface area contributed by atoms with E-state index in [9.17, 15) is 38.2 Å². The first kappa shape index (κ1) is 71.1. The Morgan fingerprint density at radius 3 is 1.08 bits per heavy atom. The molecule has 0 radical (unpaired) electrons. The van der Waals surface area contributed by atoms with E-state index in [1.54, 1.807) is 0 Å². The van der Waals surface area contributed by atoms with E-state index in [-0.39, 0.29) is 12.5 Å². The number of hydrogen-bond donors (Lipinski definition) is 6. The van der Waals surface area contributed by atoms with E-state index in [1.165, 1.54) is 250 Å². The van der Waals surface area contributed by atoms with Crippen molar-refractivity contribution >= 4 is 16.3 Å². The molecule has 1 saturated heterocycles. The Kier molecular flexibility index (Phi) is 49.5. The van der Waals surface area contributed by atoms with Gasteiger partial charge < -0.3 is 35.2 Å². The maximum Gasteiger partial charge on any atom is 0.397 e. The molecule has 1 fully saturated rings. The van der Waals surface area contributed by atoms with Crippen molar-refractivity contribution in [3.8, 4) is 0 Å². The Bertz CT molecular complexity index is 1310. The average molecular weight is 1080 g/mol. The Labute approximate surface area is 456 Å². The molecule has 7 unspecified atom stereocenters. The second-order valence-corrected chi connectivity index (χ2v) is 23.8. The van der Waals surface area contributed by atoms with Crippen LogP contribution in [0, 0.1) is 0 Å². The molecule has 0 aromatic carbocycles. The van der Waals surface area contributed by atoms with Crippen LogP contribution in [-0.4, -0.2) is 95.4 Å². The molecule has 1 aliphatic rings. The Morgan fingerprint density at radius 2 is 0.784 bits per heavy atom. The zero-order valence-electron chi connectivity index (χ0n) is 48.2. The van der Waals surface area contributed by atoms with E-state index >= 15 is 0 Å². The van der Waals surface area contributed by atoms with Crippen molar-refractivity contribution in [2.24, 2.45) is 0 Å². The summed E-state index contributed by atoms with van der Waals surface area (Å²) in [5, 5.41) is 45.2. The molecular weight excluding hydrogens is 955 g/mol. The van der Waals surface area contributed by atoms with Crippen LogP contribution in [0.5, 0.6) is 0 Å². The normalized spacial score (nSPS) is 19.0. The van der Waals surface area contributed by atoms with Gasteiger partial charge in [0.05, 0.1) is 25.4 Å². The highest BCUT2D eigenvalue weighted by Gasteiger charge is 2.48. The fourth-order valence-corrected chi connectivity index (χ4v) is 11.3. The van der Waals surface area contributed by atoms with Crippen LogP contribution in [0.2, 0.25) is 0 Å². The standard InChI is InChI=1S/C61H121NO11S/c1-3-5-7-9-11-13-15-17-19-21-22-23-24-25-26-27-28-29-30-31-32-33-34-35-37-39-41-43-45-47-49-51-57(65)62-54(53-71-61-59(67)60(73-74(68,69)70)58(66)56(52-63)72-61)55(64)50-48-46-44-42-40-38-36-20-18-16-14-12-10-8-6-4-2/h54-56,58-61,63-64,66-67H,3-53H2,1-2H3,(H,62,65)(H,68,69,70). The number of hydrogen-bond acceptors (Lipinski definition) is 10. The summed E-state index contributed by atoms with van der Waals surface area (Å²) in [4.78, 5) is 13.2. The molecule has 0 bridgehead atoms. The number of rotatable bonds is 57. The third-order valence-electron chi connectivity index (χ3n) is 15.7. The van der Waals surface area contributed by atoms with Gasteiger partial charge in [0.1, 0.15) is 24.4 Å². The van der Waals surface area contributed by atoms with Crippen LogP contribution in [0.25, 0.3) is 0 Å². The summed E-state index contributed by atoms with van der Waals surface area (Å²) < 4.78 is 48.0. The summed E-state index contributed by atoms with van der Waals surface area (Å²) in [5.74, 6) is -0.221. The van der Waals surface area contributed by atoms with Crippen LogP contribution in [0.1, 0.15) is 328 Å². The second-order valence-electron chi connectivity index (χ2n) is 22.7. The van der Waals surface area contributed by atoms with Gasteiger partial charge in [-0.3, -0.25) is 9.35 Å². The lowest BCUT2D eigenvalue weighted by Crippen LogP contribution is -2.61. The van der Waals surface area contributed by atoms with Gasteiger partial charge >= 0.3 is 10.4 Å². The lowest BCUT2D eigenvalue weighted by molar-refractivity contribution is -0.298. The fourth-order valence-electron chi connectivity index (χ4n) is 10.8. The van der Waals surface area contributed by atoms with Crippen LogP contribution in [0.3, 0.4) is 0 Å². The number of carbonyl (C=O) groups is 1. The molecular formula is C61H121NO11S. The zero-order chi connectivity index (χ0) is 54.0. The van der Waals surface area contributed by atoms with E-state index in [1.807, 2.05) is 0 Å². The van der Waals surface area contributed by atoms with E-state index < -0.39 is 59.9 Å². The maximum atomic E-state index is 13.2. The third kappa shape index (κ3) is 43.0. The Morgan fingerprint density at radius 1 is 0.486 bits per heavy atom. The molecule has 1 rings (SSSR count). The van der Waals surface area contributed by atoms with Crippen LogP contribution in [0.15, 0.2) is 0 Å². The smallest absolute Gasteiger partial charge is 0.394 e. The van der Waals surface area contributed by atoms with Gasteiger partial charge in [-0.05, 0) is 12.8 Å². The van der Waals surface area contributed by atoms with Gasteiger partial charge in [-0.1, -0.05) is 309 Å². The van der Waals surface area contributed by atoms with Crippen LogP contribution >= 0.6 is 0 Å². The highest BCUT2D eigenvalue weighted by atomic mass is 32.3. The molecule has 0 spiro atoms. The van der Waals surface area contributed by atoms with E-state index in [0.717, 1.165) is 51.4 Å². The average Bonchev–Trinajstić information content (AvgIpc) is 3.38. The predicted octanol–water partition coefficient (Wildman–Crippen LogP) is 15.6. The van der Waals surface area contributed by atoms with Crippen molar-refractivity contribution in [3.63, 3.8) is 0 Å². The number of aliphatic hydroxyl groups is 4. The highest BCUT2D eigenvalue weighted by molar-refractivity contribution is 7.80. The Balaban J connectivity index is 2.22. The minimum atomic E-state index is -5.08. The molecule has 442 valence electrons. The van der Waals surface area contributed by atoms with Gasteiger partial charge in [0.25, 0.3) is 0 Å². The number of ether oxygens (including phenoxy) is 2. The van der Waals surface area contributed by atoms with Gasteiger partial charge in [0.2, 0.25) is 5.91 Å². The third-order valence-corrected chi connectivity index (χ3v) is 16.1. The summed E-state index contributed by atoms with van der Waals surface area (Å²) in [7, 11) is -5.08. The zero-order valence-corrected chi connectivity index (χ0v) is 49.0. The highest BCUT2D eigenvalue weighted by Crippen LogP contribution is 2.26. The van der Waals surface area contributed by atoms with Gasteiger partial charge in [0, 0.05) is 6.42 Å². The monoisotopic (exact) mass is 1080 g/mol. The van der Waals surface area contributed by atoms with Crippen molar-refractivity contribution in [1.82, 2.24) is 5.32 Å². The number of unbranched alkanes of at least 4 members (excludes halogenated alkanes) is 45. The van der Waals surface area contributed by atoms with Gasteiger partial charge in [-0.15, -0.1) is 0 Å². The molecule has 13 heteroatoms. The van der Waals surface area contributed by atoms with E-state index in [2.05, 4.69) is 23.3 Å². The van der Waals surface area contributed by atoms with Crippen LogP contribution < -0.4 is 5.32 Å². The molecule has 74 heavy (non-hydrogen) atoms. The molecule has 0 saturated carbocycles. The van der Waals surface area contributed by atoms with Gasteiger partial charge in [-0.25, -0.2) is 4.18 Å². The summed E-state index contributed by atoms with van der Waals surface area (Å²) in [5.41, 5.74) is 0. The first-order valence-corrected chi connectivity index (χ1v) is 33.3. The second kappa shape index (κ2) is 51.5. The predicted molar refractivity (Wildman–Crippen MR) is 306 cm³/mol. The summed E-state index contributed by atoms with van der Waals surface area (Å²) in [6.07, 6.45) is 52.8. The fraction of sp³-hybridized carbons (Fsp3) is 0.984. The van der Waals surface area contributed by atoms with Gasteiger partial charge in [0.15, 0.2) is 6.29 Å². The van der Waals surface area contributed by atoms with Crippen LogP contribution in [-0.2, 0) is 28.9 Å². The lowest BCUT2D eigenvalue weighted by atomic mass is 9.99. The maximum absolute atomic E-state index is 13.2. The molecule has 1 amide bonds. The molecule has 12 nitrogen and oxygen atoms in total. The summed E-state index contributed by atoms with van der Waals surface area (Å²) in [6.45, 7) is 3.51. The van der Waals surface area contributed by atoms with Crippen molar-refractivity contribution in [2.45, 2.75) is 371 Å². The minimum absolute atomic E-state index is 0.221. The molecule has 0 aromatic rings. The van der Waals surface area contributed by atoms with E-state index in [0.29, 0.717) is 12.8 Å². The Hall–Kier alpha value is -0.900. The van der Waals surface area contributed by atoms with Crippen molar-refractivity contribution < 1.29 is 51.8 Å². The number of carbonyl (C=O) groups excluding carboxylic acids is 1. The molecule has 1 aliphatic heterocycles. The molecule has 0 aromatic heterocycles. The van der Waals surface area contributed by atoms with E-state index in [4.69, 9.17) is 9.47 Å². The molecule has 7 atom stereocenters. The van der Waals surface area contributed by atoms with Crippen molar-refractivity contribution in [2.75, 3.05) is 13.2 Å². The van der Waals surface area contributed by atoms with Gasteiger partial charge in [-0.2, -0.15) is 8.42 Å². The number of nitrogens with one attached hydrogen (secondary N) is 1. The first-order chi connectivity index (χ1) is 36.0. The molecule has 6 N–H and O–H groups in total. The number of aliphatic hydroxyl groups excluding tert-OH is 4. The SMILES string of the molecule is CCCCCCCCCCCCCCCCCCCCCCCCCCCCCCCCCC(=O)NC(COC1OC(CO)C(O)C(OS(=O)(=O)O)C1O)C(O)CCCCCCCCCCCCCCCCCC. The molecule has 1 heterocycles. The summed E-state index contributed by atoms with van der Waals surface area (Å²) >= 11 is 0. The van der Waals surface area contributed by atoms with Crippen molar-refractivity contribution in [1.29, 1.82) is 0 Å². The molecule has 0 aliphatic carbocycles. The summed E-state index contributed by atoms with van der Waals surface area (Å²) in [6, 6.07) is -0.853. The quantitative estimate of drug-likeness (QED) is 0.0251.